The largest absolute Gasteiger partial charge is 0.242 e. The van der Waals surface area contributed by atoms with Crippen molar-refractivity contribution < 1.29 is 0 Å². The van der Waals surface area contributed by atoms with Gasteiger partial charge < -0.3 is 0 Å². The Morgan fingerprint density at radius 3 is 1.33 bits per heavy atom. The van der Waals surface area contributed by atoms with Crippen LogP contribution >= 0.6 is 0 Å². The second kappa shape index (κ2) is 6.93. The van der Waals surface area contributed by atoms with Gasteiger partial charge in [0.05, 0.1) is 11.4 Å². The summed E-state index contributed by atoms with van der Waals surface area (Å²) < 4.78 is 0. The van der Waals surface area contributed by atoms with Gasteiger partial charge in [0.2, 0.25) is 0 Å². The van der Waals surface area contributed by atoms with E-state index in [1.54, 1.807) is 0 Å². The summed E-state index contributed by atoms with van der Waals surface area (Å²) in [4.78, 5) is 14.2. The highest BCUT2D eigenvalue weighted by molar-refractivity contribution is 5.80. The molecule has 0 N–H and O–H groups in total. The summed E-state index contributed by atoms with van der Waals surface area (Å²) in [5, 5.41) is 6.98. The molecule has 24 heavy (non-hydrogen) atoms. The van der Waals surface area contributed by atoms with Crippen molar-refractivity contribution >= 4 is 11.6 Å². The zero-order chi connectivity index (χ0) is 16.8. The van der Waals surface area contributed by atoms with Crippen LogP contribution in [0.3, 0.4) is 0 Å². The fraction of sp³-hybridized carbons (Fsp3) is 0. The van der Waals surface area contributed by atoms with Gasteiger partial charge >= 0.3 is 0 Å². The minimum absolute atomic E-state index is 0.0613. The standard InChI is InChI=1S/C16H10N8/c17-23-21-15-16(22-24-18)20-14(12-9-5-2-6-10-12)13(19-15)11-7-3-1-4-8-11/h1-10H. The lowest BCUT2D eigenvalue weighted by molar-refractivity contribution is 1.15. The third kappa shape index (κ3) is 3.00. The fourth-order valence-corrected chi connectivity index (χ4v) is 2.23. The van der Waals surface area contributed by atoms with Crippen LogP contribution in [0, 0.1) is 0 Å². The van der Waals surface area contributed by atoms with Gasteiger partial charge in [-0.25, -0.2) is 9.97 Å². The number of hydrogen-bond acceptors (Lipinski definition) is 4. The highest BCUT2D eigenvalue weighted by atomic mass is 15.2. The van der Waals surface area contributed by atoms with Crippen LogP contribution in [0.5, 0.6) is 0 Å². The summed E-state index contributed by atoms with van der Waals surface area (Å²) >= 11 is 0. The Labute approximate surface area is 136 Å². The molecule has 0 aliphatic rings. The Balaban J connectivity index is 2.34. The molecule has 114 valence electrons. The lowest BCUT2D eigenvalue weighted by atomic mass is 10.0. The molecule has 3 aromatic rings. The molecule has 0 unspecified atom stereocenters. The van der Waals surface area contributed by atoms with Crippen LogP contribution in [0.1, 0.15) is 0 Å². The molecule has 1 heterocycles. The molecule has 8 heteroatoms. The molecule has 2 aromatic carbocycles. The minimum atomic E-state index is -0.0613. The van der Waals surface area contributed by atoms with Crippen LogP contribution < -0.4 is 0 Å². The second-order valence-electron chi connectivity index (χ2n) is 4.68. The van der Waals surface area contributed by atoms with Crippen molar-refractivity contribution in [3.63, 3.8) is 0 Å². The van der Waals surface area contributed by atoms with Crippen molar-refractivity contribution in [2.45, 2.75) is 0 Å². The number of azide groups is 2. The molecule has 1 aromatic heterocycles. The van der Waals surface area contributed by atoms with Gasteiger partial charge in [-0.05, 0) is 21.3 Å². The third-order valence-electron chi connectivity index (χ3n) is 3.23. The van der Waals surface area contributed by atoms with E-state index in [2.05, 4.69) is 30.0 Å². The average Bonchev–Trinajstić information content (AvgIpc) is 2.64. The summed E-state index contributed by atoms with van der Waals surface area (Å²) in [6.07, 6.45) is 0. The lowest BCUT2D eigenvalue weighted by Gasteiger charge is -2.11. The number of benzene rings is 2. The van der Waals surface area contributed by atoms with Crippen molar-refractivity contribution in [2.24, 2.45) is 10.2 Å². The Morgan fingerprint density at radius 1 is 0.625 bits per heavy atom. The number of aromatic nitrogens is 2. The molecule has 0 atom stereocenters. The molecular weight excluding hydrogens is 304 g/mol. The molecule has 8 nitrogen and oxygen atoms in total. The van der Waals surface area contributed by atoms with Crippen LogP contribution in [0.4, 0.5) is 11.6 Å². The Kier molecular flexibility index (Phi) is 4.35. The Morgan fingerprint density at radius 2 is 1.00 bits per heavy atom. The maximum absolute atomic E-state index is 8.72. The predicted octanol–water partition coefficient (Wildman–Crippen LogP) is 5.69. The molecule has 0 amide bonds. The molecule has 3 rings (SSSR count). The van der Waals surface area contributed by atoms with Crippen molar-refractivity contribution in [3.05, 3.63) is 81.5 Å². The van der Waals surface area contributed by atoms with E-state index < -0.39 is 0 Å². The maximum atomic E-state index is 8.72. The van der Waals surface area contributed by atoms with E-state index in [0.717, 1.165) is 11.1 Å². The summed E-state index contributed by atoms with van der Waals surface area (Å²) in [7, 11) is 0. The van der Waals surface area contributed by atoms with Gasteiger partial charge in [-0.15, -0.1) is 0 Å². The van der Waals surface area contributed by atoms with E-state index in [4.69, 9.17) is 11.1 Å². The van der Waals surface area contributed by atoms with Crippen molar-refractivity contribution in [1.82, 2.24) is 9.97 Å². The lowest BCUT2D eigenvalue weighted by Crippen LogP contribution is -1.94. The average molecular weight is 314 g/mol. The van der Waals surface area contributed by atoms with Gasteiger partial charge in [0, 0.05) is 21.0 Å². The van der Waals surface area contributed by atoms with Crippen LogP contribution in [-0.4, -0.2) is 9.97 Å². The highest BCUT2D eigenvalue weighted by Crippen LogP contribution is 2.35. The molecule has 0 spiro atoms. The summed E-state index contributed by atoms with van der Waals surface area (Å²) in [5.41, 5.74) is 20.1. The van der Waals surface area contributed by atoms with Crippen molar-refractivity contribution in [3.8, 4) is 22.5 Å². The molecule has 0 saturated heterocycles. The van der Waals surface area contributed by atoms with Crippen LogP contribution in [0.15, 0.2) is 70.9 Å². The first-order valence-electron chi connectivity index (χ1n) is 6.96. The normalized spacial score (nSPS) is 9.67. The van der Waals surface area contributed by atoms with E-state index in [0.29, 0.717) is 11.4 Å². The monoisotopic (exact) mass is 314 g/mol. The first-order valence-corrected chi connectivity index (χ1v) is 6.96. The predicted molar refractivity (Wildman–Crippen MR) is 90.5 cm³/mol. The van der Waals surface area contributed by atoms with Crippen molar-refractivity contribution in [1.29, 1.82) is 0 Å². The van der Waals surface area contributed by atoms with Gasteiger partial charge in [-0.1, -0.05) is 60.7 Å². The van der Waals surface area contributed by atoms with E-state index in [-0.39, 0.29) is 11.6 Å². The van der Waals surface area contributed by atoms with E-state index in [1.807, 2.05) is 60.7 Å². The molecule has 0 aliphatic carbocycles. The van der Waals surface area contributed by atoms with Gasteiger partial charge in [0.1, 0.15) is 0 Å². The van der Waals surface area contributed by atoms with Crippen molar-refractivity contribution in [2.75, 3.05) is 0 Å². The maximum Gasteiger partial charge on any atom is 0.155 e. The van der Waals surface area contributed by atoms with Crippen LogP contribution in [-0.2, 0) is 0 Å². The number of nitrogens with zero attached hydrogens (tertiary/aromatic N) is 8. The fourth-order valence-electron chi connectivity index (χ4n) is 2.23. The van der Waals surface area contributed by atoms with Crippen LogP contribution in [0.2, 0.25) is 0 Å². The molecular formula is C16H10N8. The number of hydrogen-bond donors (Lipinski definition) is 0. The summed E-state index contributed by atoms with van der Waals surface area (Å²) in [6, 6.07) is 18.8. The van der Waals surface area contributed by atoms with Gasteiger partial charge in [-0.3, -0.25) is 0 Å². The summed E-state index contributed by atoms with van der Waals surface area (Å²) in [5.74, 6) is -0.123. The Bertz CT molecular complexity index is 876. The molecule has 0 saturated carbocycles. The zero-order valence-corrected chi connectivity index (χ0v) is 12.4. The van der Waals surface area contributed by atoms with E-state index in [1.165, 1.54) is 0 Å². The SMILES string of the molecule is [N-]=[N+]=Nc1nc(-c2ccccc2)c(-c2ccccc2)nc1N=[N+]=[N-]. The first kappa shape index (κ1) is 15.1. The van der Waals surface area contributed by atoms with E-state index >= 15 is 0 Å². The highest BCUT2D eigenvalue weighted by Gasteiger charge is 2.15. The van der Waals surface area contributed by atoms with Gasteiger partial charge in [-0.2, -0.15) is 0 Å². The molecule has 0 bridgehead atoms. The smallest absolute Gasteiger partial charge is 0.155 e. The van der Waals surface area contributed by atoms with Gasteiger partial charge in [0.15, 0.2) is 11.6 Å². The molecule has 0 aliphatic heterocycles. The number of rotatable bonds is 4. The quantitative estimate of drug-likeness (QED) is 0.348. The van der Waals surface area contributed by atoms with Crippen LogP contribution in [0.25, 0.3) is 43.4 Å². The second-order valence-corrected chi connectivity index (χ2v) is 4.68. The topological polar surface area (TPSA) is 123 Å². The molecule has 0 radical (unpaired) electrons. The van der Waals surface area contributed by atoms with Gasteiger partial charge in [0.25, 0.3) is 0 Å². The summed E-state index contributed by atoms with van der Waals surface area (Å²) in [6.45, 7) is 0. The zero-order valence-electron chi connectivity index (χ0n) is 12.4. The van der Waals surface area contributed by atoms with E-state index in [9.17, 15) is 0 Å². The minimum Gasteiger partial charge on any atom is -0.242 e. The molecule has 0 fully saturated rings. The third-order valence-corrected chi connectivity index (χ3v) is 3.23. The first-order chi connectivity index (χ1) is 11.8. The Hall–Kier alpha value is -3.86.